The summed E-state index contributed by atoms with van der Waals surface area (Å²) in [6.45, 7) is 2.86. The maximum Gasteiger partial charge on any atom is 0.130 e. The molecule has 2 heterocycles. The summed E-state index contributed by atoms with van der Waals surface area (Å²) in [6.07, 6.45) is 3.47. The third-order valence-corrected chi connectivity index (χ3v) is 3.08. The summed E-state index contributed by atoms with van der Waals surface area (Å²) in [6, 6.07) is 4.07. The quantitative estimate of drug-likeness (QED) is 0.802. The first kappa shape index (κ1) is 11.4. The number of hydrogen-bond acceptors (Lipinski definition) is 4. The summed E-state index contributed by atoms with van der Waals surface area (Å²) in [5, 5.41) is 12.5. The van der Waals surface area contributed by atoms with Gasteiger partial charge in [-0.1, -0.05) is 6.07 Å². The Hall–Kier alpha value is -1.13. The number of nitrogens with one attached hydrogen (secondary N) is 1. The van der Waals surface area contributed by atoms with Gasteiger partial charge in [-0.2, -0.15) is 0 Å². The zero-order valence-corrected chi connectivity index (χ0v) is 9.69. The largest absolute Gasteiger partial charge is 0.393 e. The molecule has 1 aromatic rings. The Labute approximate surface area is 96.3 Å². The summed E-state index contributed by atoms with van der Waals surface area (Å²) < 4.78 is 0. The minimum absolute atomic E-state index is 0.103. The standard InChI is InChI=1S/C12H19N3O/c1-13-12-10(3-2-6-14-12)9-15-7-4-11(16)5-8-15/h2-3,6,11,16H,4-5,7-9H2,1H3,(H,13,14). The molecule has 0 radical (unpaired) electrons. The first-order chi connectivity index (χ1) is 7.79. The van der Waals surface area contributed by atoms with Crippen LogP contribution in [0.3, 0.4) is 0 Å². The van der Waals surface area contributed by atoms with Gasteiger partial charge in [-0.25, -0.2) is 4.98 Å². The summed E-state index contributed by atoms with van der Waals surface area (Å²) >= 11 is 0. The van der Waals surface area contributed by atoms with Crippen LogP contribution in [0.25, 0.3) is 0 Å². The fraction of sp³-hybridized carbons (Fsp3) is 0.583. The average molecular weight is 221 g/mol. The van der Waals surface area contributed by atoms with Crippen molar-refractivity contribution in [1.82, 2.24) is 9.88 Å². The molecule has 2 rings (SSSR count). The van der Waals surface area contributed by atoms with Gasteiger partial charge >= 0.3 is 0 Å². The maximum atomic E-state index is 9.44. The van der Waals surface area contributed by atoms with E-state index < -0.39 is 0 Å². The van der Waals surface area contributed by atoms with E-state index in [1.165, 1.54) is 5.56 Å². The van der Waals surface area contributed by atoms with E-state index in [0.717, 1.165) is 38.3 Å². The lowest BCUT2D eigenvalue weighted by atomic mass is 10.1. The van der Waals surface area contributed by atoms with E-state index in [1.54, 1.807) is 6.20 Å². The molecular formula is C12H19N3O. The number of aliphatic hydroxyl groups is 1. The lowest BCUT2D eigenvalue weighted by Gasteiger charge is -2.29. The molecule has 0 spiro atoms. The molecule has 4 heteroatoms. The first-order valence-electron chi connectivity index (χ1n) is 5.81. The normalized spacial score (nSPS) is 18.6. The predicted molar refractivity (Wildman–Crippen MR) is 64.3 cm³/mol. The van der Waals surface area contributed by atoms with Gasteiger partial charge in [0, 0.05) is 38.4 Å². The molecule has 0 unspecified atom stereocenters. The molecule has 0 saturated carbocycles. The lowest BCUT2D eigenvalue weighted by molar-refractivity contribution is 0.0793. The van der Waals surface area contributed by atoms with Crippen LogP contribution in [0.15, 0.2) is 18.3 Å². The third kappa shape index (κ3) is 2.71. The van der Waals surface area contributed by atoms with Crippen LogP contribution < -0.4 is 5.32 Å². The van der Waals surface area contributed by atoms with Crippen molar-refractivity contribution >= 4 is 5.82 Å². The summed E-state index contributed by atoms with van der Waals surface area (Å²) in [7, 11) is 1.89. The molecular weight excluding hydrogens is 202 g/mol. The maximum absolute atomic E-state index is 9.44. The molecule has 0 aromatic carbocycles. The van der Waals surface area contributed by atoms with E-state index in [9.17, 15) is 5.11 Å². The van der Waals surface area contributed by atoms with E-state index in [1.807, 2.05) is 13.1 Å². The van der Waals surface area contributed by atoms with Crippen molar-refractivity contribution in [2.75, 3.05) is 25.5 Å². The summed E-state index contributed by atoms with van der Waals surface area (Å²) in [4.78, 5) is 6.66. The Kier molecular flexibility index (Phi) is 3.74. The van der Waals surface area contributed by atoms with E-state index in [2.05, 4.69) is 21.3 Å². The van der Waals surface area contributed by atoms with Gasteiger partial charge in [0.2, 0.25) is 0 Å². The van der Waals surface area contributed by atoms with Gasteiger partial charge < -0.3 is 10.4 Å². The third-order valence-electron chi connectivity index (χ3n) is 3.08. The van der Waals surface area contributed by atoms with Crippen LogP contribution in [0.2, 0.25) is 0 Å². The second kappa shape index (κ2) is 5.27. The topological polar surface area (TPSA) is 48.4 Å². The highest BCUT2D eigenvalue weighted by molar-refractivity contribution is 5.42. The zero-order chi connectivity index (χ0) is 11.4. The van der Waals surface area contributed by atoms with Gasteiger partial charge in [0.05, 0.1) is 6.10 Å². The van der Waals surface area contributed by atoms with Crippen molar-refractivity contribution in [3.8, 4) is 0 Å². The van der Waals surface area contributed by atoms with Gasteiger partial charge in [0.25, 0.3) is 0 Å². The fourth-order valence-electron chi connectivity index (χ4n) is 2.11. The molecule has 0 atom stereocenters. The number of pyridine rings is 1. The van der Waals surface area contributed by atoms with Crippen LogP contribution >= 0.6 is 0 Å². The average Bonchev–Trinajstić information content (AvgIpc) is 2.33. The Bertz CT molecular complexity index is 335. The summed E-state index contributed by atoms with van der Waals surface area (Å²) in [5.74, 6) is 0.952. The first-order valence-corrected chi connectivity index (χ1v) is 5.81. The fourth-order valence-corrected chi connectivity index (χ4v) is 2.11. The van der Waals surface area contributed by atoms with E-state index in [-0.39, 0.29) is 6.10 Å². The minimum Gasteiger partial charge on any atom is -0.393 e. The van der Waals surface area contributed by atoms with Crippen LogP contribution in [0.1, 0.15) is 18.4 Å². The highest BCUT2D eigenvalue weighted by Crippen LogP contribution is 2.17. The Morgan fingerprint density at radius 1 is 1.50 bits per heavy atom. The number of anilines is 1. The van der Waals surface area contributed by atoms with Crippen molar-refractivity contribution in [3.63, 3.8) is 0 Å². The molecule has 1 aliphatic rings. The molecule has 1 aliphatic heterocycles. The van der Waals surface area contributed by atoms with Crippen molar-refractivity contribution in [2.45, 2.75) is 25.5 Å². The van der Waals surface area contributed by atoms with Gasteiger partial charge in [-0.3, -0.25) is 4.90 Å². The number of rotatable bonds is 3. The van der Waals surface area contributed by atoms with E-state index in [0.29, 0.717) is 0 Å². The zero-order valence-electron chi connectivity index (χ0n) is 9.69. The van der Waals surface area contributed by atoms with Crippen LogP contribution in [0.5, 0.6) is 0 Å². The number of nitrogens with zero attached hydrogens (tertiary/aromatic N) is 2. The number of piperidine rings is 1. The molecule has 4 nitrogen and oxygen atoms in total. The SMILES string of the molecule is CNc1ncccc1CN1CCC(O)CC1. The minimum atomic E-state index is -0.103. The van der Waals surface area contributed by atoms with Gasteiger partial charge in [0.1, 0.15) is 5.82 Å². The second-order valence-electron chi connectivity index (χ2n) is 4.27. The van der Waals surface area contributed by atoms with Gasteiger partial charge in [-0.15, -0.1) is 0 Å². The number of likely N-dealkylation sites (tertiary alicyclic amines) is 1. The van der Waals surface area contributed by atoms with Crippen molar-refractivity contribution in [1.29, 1.82) is 0 Å². The Morgan fingerprint density at radius 3 is 2.94 bits per heavy atom. The van der Waals surface area contributed by atoms with Gasteiger partial charge in [-0.05, 0) is 18.9 Å². The molecule has 1 saturated heterocycles. The predicted octanol–water partition coefficient (Wildman–Crippen LogP) is 1.08. The number of hydrogen-bond donors (Lipinski definition) is 2. The lowest BCUT2D eigenvalue weighted by Crippen LogP contribution is -2.35. The molecule has 16 heavy (non-hydrogen) atoms. The smallest absolute Gasteiger partial charge is 0.130 e. The molecule has 88 valence electrons. The Morgan fingerprint density at radius 2 is 2.25 bits per heavy atom. The second-order valence-corrected chi connectivity index (χ2v) is 4.27. The van der Waals surface area contributed by atoms with E-state index >= 15 is 0 Å². The molecule has 1 fully saturated rings. The van der Waals surface area contributed by atoms with E-state index in [4.69, 9.17) is 0 Å². The number of aliphatic hydroxyl groups excluding tert-OH is 1. The van der Waals surface area contributed by atoms with Crippen LogP contribution in [0.4, 0.5) is 5.82 Å². The van der Waals surface area contributed by atoms with Crippen molar-refractivity contribution < 1.29 is 5.11 Å². The Balaban J connectivity index is 1.98. The van der Waals surface area contributed by atoms with Crippen molar-refractivity contribution in [2.24, 2.45) is 0 Å². The molecule has 0 aliphatic carbocycles. The van der Waals surface area contributed by atoms with Crippen molar-refractivity contribution in [3.05, 3.63) is 23.9 Å². The monoisotopic (exact) mass is 221 g/mol. The van der Waals surface area contributed by atoms with Crippen LogP contribution in [-0.2, 0) is 6.54 Å². The van der Waals surface area contributed by atoms with Crippen LogP contribution in [-0.4, -0.2) is 41.2 Å². The van der Waals surface area contributed by atoms with Gasteiger partial charge in [0.15, 0.2) is 0 Å². The summed E-state index contributed by atoms with van der Waals surface area (Å²) in [5.41, 5.74) is 1.22. The molecule has 0 amide bonds. The molecule has 0 bridgehead atoms. The number of aromatic nitrogens is 1. The highest BCUT2D eigenvalue weighted by Gasteiger charge is 2.17. The highest BCUT2D eigenvalue weighted by atomic mass is 16.3. The molecule has 2 N–H and O–H groups in total. The van der Waals surface area contributed by atoms with Crippen LogP contribution in [0, 0.1) is 0 Å². The molecule has 1 aromatic heterocycles.